The van der Waals surface area contributed by atoms with Crippen molar-refractivity contribution in [2.75, 3.05) is 0 Å². The van der Waals surface area contributed by atoms with Crippen molar-refractivity contribution in [2.24, 2.45) is 0 Å². The third kappa shape index (κ3) is 1.71. The highest BCUT2D eigenvalue weighted by atomic mass is 16.3. The highest BCUT2D eigenvalue weighted by molar-refractivity contribution is 5.75. The van der Waals surface area contributed by atoms with Gasteiger partial charge in [0.05, 0.1) is 0 Å². The number of pyridine rings is 1. The minimum atomic E-state index is 0.200. The Morgan fingerprint density at radius 2 is 1.89 bits per heavy atom. The van der Waals surface area contributed by atoms with E-state index in [1.807, 2.05) is 0 Å². The number of carbonyl (C=O) groups excluding carboxylic acids is 1. The van der Waals surface area contributed by atoms with Crippen LogP contribution < -0.4 is 0 Å². The van der Waals surface area contributed by atoms with Crippen molar-refractivity contribution in [1.82, 2.24) is 14.6 Å². The van der Waals surface area contributed by atoms with Crippen LogP contribution in [-0.2, 0) is 0 Å². The highest BCUT2D eigenvalue weighted by Gasteiger charge is 2.06. The summed E-state index contributed by atoms with van der Waals surface area (Å²) in [5.74, 6) is 0.754. The minimum Gasteiger partial charge on any atom is -0.508 e. The number of hydrogen-bond donors (Lipinski definition) is 1. The van der Waals surface area contributed by atoms with Crippen molar-refractivity contribution < 1.29 is 9.90 Å². The van der Waals surface area contributed by atoms with Crippen LogP contribution >= 0.6 is 0 Å². The molecule has 0 aliphatic rings. The van der Waals surface area contributed by atoms with Crippen molar-refractivity contribution in [1.29, 1.82) is 0 Å². The summed E-state index contributed by atoms with van der Waals surface area (Å²) < 4.78 is 1.56. The fraction of sp³-hybridized carbons (Fsp3) is 0. The van der Waals surface area contributed by atoms with Crippen LogP contribution in [0.3, 0.4) is 0 Å². The summed E-state index contributed by atoms with van der Waals surface area (Å²) in [6.45, 7) is 0. The van der Waals surface area contributed by atoms with Crippen molar-refractivity contribution in [3.05, 3.63) is 48.2 Å². The first kappa shape index (κ1) is 10.5. The first-order valence-corrected chi connectivity index (χ1v) is 5.37. The Kier molecular flexibility index (Phi) is 2.30. The first-order chi connectivity index (χ1) is 8.76. The van der Waals surface area contributed by atoms with Crippen LogP contribution in [0.1, 0.15) is 10.4 Å². The number of phenols is 1. The van der Waals surface area contributed by atoms with E-state index in [0.29, 0.717) is 17.0 Å². The quantitative estimate of drug-likeness (QED) is 0.694. The van der Waals surface area contributed by atoms with Crippen molar-refractivity contribution >= 4 is 11.9 Å². The summed E-state index contributed by atoms with van der Waals surface area (Å²) in [5, 5.41) is 13.5. The van der Waals surface area contributed by atoms with Crippen molar-refractivity contribution in [2.45, 2.75) is 0 Å². The van der Waals surface area contributed by atoms with Gasteiger partial charge in [-0.2, -0.15) is 0 Å². The van der Waals surface area contributed by atoms with Gasteiger partial charge >= 0.3 is 0 Å². The molecule has 0 radical (unpaired) electrons. The second kappa shape index (κ2) is 3.96. The molecule has 0 aliphatic heterocycles. The Morgan fingerprint density at radius 1 is 1.11 bits per heavy atom. The van der Waals surface area contributed by atoms with Gasteiger partial charge in [0.1, 0.15) is 5.75 Å². The molecule has 0 saturated heterocycles. The van der Waals surface area contributed by atoms with Gasteiger partial charge in [0.15, 0.2) is 17.8 Å². The van der Waals surface area contributed by atoms with Crippen LogP contribution in [0.4, 0.5) is 0 Å². The van der Waals surface area contributed by atoms with E-state index in [4.69, 9.17) is 0 Å². The smallest absolute Gasteiger partial charge is 0.182 e. The van der Waals surface area contributed by atoms with Gasteiger partial charge in [0, 0.05) is 17.3 Å². The van der Waals surface area contributed by atoms with Gasteiger partial charge in [-0.05, 0) is 36.4 Å². The Balaban J connectivity index is 2.12. The predicted octanol–water partition coefficient (Wildman–Crippen LogP) is 1.91. The van der Waals surface area contributed by atoms with Crippen LogP contribution in [-0.4, -0.2) is 26.0 Å². The van der Waals surface area contributed by atoms with Crippen molar-refractivity contribution in [3.63, 3.8) is 0 Å². The van der Waals surface area contributed by atoms with E-state index in [9.17, 15) is 9.90 Å². The molecule has 1 N–H and O–H groups in total. The molecule has 0 unspecified atom stereocenters. The molecular weight excluding hydrogens is 230 g/mol. The SMILES string of the molecule is O=Cc1ccc2nc(-c3ccc(O)cc3)nn2c1. The largest absolute Gasteiger partial charge is 0.508 e. The van der Waals surface area contributed by atoms with Crippen LogP contribution in [0.5, 0.6) is 5.75 Å². The summed E-state index contributed by atoms with van der Waals surface area (Å²) in [7, 11) is 0. The van der Waals surface area contributed by atoms with E-state index in [1.54, 1.807) is 47.1 Å². The Labute approximate surface area is 102 Å². The summed E-state index contributed by atoms with van der Waals surface area (Å²) >= 11 is 0. The summed E-state index contributed by atoms with van der Waals surface area (Å²) in [5.41, 5.74) is 2.03. The van der Waals surface area contributed by atoms with Crippen LogP contribution in [0.2, 0.25) is 0 Å². The van der Waals surface area contributed by atoms with E-state index in [0.717, 1.165) is 11.8 Å². The maximum Gasteiger partial charge on any atom is 0.182 e. The molecule has 0 bridgehead atoms. The number of fused-ring (bicyclic) bond motifs is 1. The zero-order valence-electron chi connectivity index (χ0n) is 9.32. The molecule has 5 heteroatoms. The summed E-state index contributed by atoms with van der Waals surface area (Å²) in [6.07, 6.45) is 2.39. The lowest BCUT2D eigenvalue weighted by Gasteiger charge is -1.94. The molecule has 0 atom stereocenters. The molecule has 5 nitrogen and oxygen atoms in total. The number of benzene rings is 1. The third-order valence-electron chi connectivity index (χ3n) is 2.62. The molecule has 0 fully saturated rings. The molecule has 88 valence electrons. The lowest BCUT2D eigenvalue weighted by Crippen LogP contribution is -1.90. The maximum absolute atomic E-state index is 10.7. The molecule has 3 rings (SSSR count). The van der Waals surface area contributed by atoms with Gasteiger partial charge in [0.2, 0.25) is 0 Å². The molecule has 2 heterocycles. The number of phenolic OH excluding ortho intramolecular Hbond substituents is 1. The van der Waals surface area contributed by atoms with E-state index < -0.39 is 0 Å². The topological polar surface area (TPSA) is 67.5 Å². The number of hydrogen-bond acceptors (Lipinski definition) is 4. The van der Waals surface area contributed by atoms with E-state index in [2.05, 4.69) is 10.1 Å². The Hall–Kier alpha value is -2.69. The number of nitrogens with zero attached hydrogens (tertiary/aromatic N) is 3. The van der Waals surface area contributed by atoms with Gasteiger partial charge in [-0.1, -0.05) is 0 Å². The van der Waals surface area contributed by atoms with Crippen LogP contribution in [0, 0.1) is 0 Å². The highest BCUT2D eigenvalue weighted by Crippen LogP contribution is 2.19. The predicted molar refractivity (Wildman–Crippen MR) is 65.5 cm³/mol. The number of carbonyl (C=O) groups is 1. The zero-order chi connectivity index (χ0) is 12.5. The molecule has 0 saturated carbocycles. The van der Waals surface area contributed by atoms with Gasteiger partial charge in [0.25, 0.3) is 0 Å². The molecule has 3 aromatic rings. The molecule has 18 heavy (non-hydrogen) atoms. The fourth-order valence-corrected chi connectivity index (χ4v) is 1.70. The lowest BCUT2D eigenvalue weighted by atomic mass is 10.2. The number of aldehydes is 1. The summed E-state index contributed by atoms with van der Waals surface area (Å²) in [6, 6.07) is 10.1. The molecular formula is C13H9N3O2. The van der Waals surface area contributed by atoms with E-state index in [1.165, 1.54) is 0 Å². The third-order valence-corrected chi connectivity index (χ3v) is 2.62. The average Bonchev–Trinajstić information content (AvgIpc) is 2.82. The maximum atomic E-state index is 10.7. The number of aromatic hydroxyl groups is 1. The van der Waals surface area contributed by atoms with Crippen LogP contribution in [0.25, 0.3) is 17.0 Å². The van der Waals surface area contributed by atoms with Gasteiger partial charge in [-0.15, -0.1) is 5.10 Å². The Bertz CT molecular complexity index is 717. The summed E-state index contributed by atoms with van der Waals surface area (Å²) in [4.78, 5) is 15.0. The molecule has 0 amide bonds. The van der Waals surface area contributed by atoms with E-state index in [-0.39, 0.29) is 5.75 Å². The number of aromatic nitrogens is 3. The number of rotatable bonds is 2. The normalized spacial score (nSPS) is 10.7. The molecule has 2 aromatic heterocycles. The van der Waals surface area contributed by atoms with Crippen LogP contribution in [0.15, 0.2) is 42.6 Å². The Morgan fingerprint density at radius 3 is 2.61 bits per heavy atom. The van der Waals surface area contributed by atoms with Gasteiger partial charge in [-0.3, -0.25) is 4.79 Å². The second-order valence-electron chi connectivity index (χ2n) is 3.87. The standard InChI is InChI=1S/C13H9N3O2/c17-8-9-1-6-12-14-13(15-16(12)7-9)10-2-4-11(18)5-3-10/h1-8,18H. The molecule has 0 aliphatic carbocycles. The fourth-order valence-electron chi connectivity index (χ4n) is 1.70. The molecule has 1 aromatic carbocycles. The van der Waals surface area contributed by atoms with Crippen molar-refractivity contribution in [3.8, 4) is 17.1 Å². The molecule has 0 spiro atoms. The van der Waals surface area contributed by atoms with Gasteiger partial charge in [-0.25, -0.2) is 9.50 Å². The lowest BCUT2D eigenvalue weighted by molar-refractivity contribution is 0.112. The first-order valence-electron chi connectivity index (χ1n) is 5.37. The second-order valence-corrected chi connectivity index (χ2v) is 3.87. The van der Waals surface area contributed by atoms with Gasteiger partial charge < -0.3 is 5.11 Å². The monoisotopic (exact) mass is 239 g/mol. The zero-order valence-corrected chi connectivity index (χ0v) is 9.32. The van der Waals surface area contributed by atoms with E-state index >= 15 is 0 Å². The minimum absolute atomic E-state index is 0.200. The average molecular weight is 239 g/mol.